The van der Waals surface area contributed by atoms with Gasteiger partial charge in [0.25, 0.3) is 0 Å². The Morgan fingerprint density at radius 3 is 2.65 bits per heavy atom. The fourth-order valence-corrected chi connectivity index (χ4v) is 3.20. The van der Waals surface area contributed by atoms with Gasteiger partial charge in [0.15, 0.2) is 11.5 Å². The Morgan fingerprint density at radius 2 is 1.85 bits per heavy atom. The number of benzene rings is 1. The largest absolute Gasteiger partial charge is 0.490 e. The molecule has 4 heteroatoms. The Kier molecular flexibility index (Phi) is 2.69. The van der Waals surface area contributed by atoms with Gasteiger partial charge in [-0.2, -0.15) is 0 Å². The van der Waals surface area contributed by atoms with Crippen LogP contribution in [0.15, 0.2) is 12.1 Å². The Balaban J connectivity index is 1.99. The molecule has 2 aromatic rings. The van der Waals surface area contributed by atoms with Crippen molar-refractivity contribution in [2.45, 2.75) is 25.7 Å². The van der Waals surface area contributed by atoms with Crippen LogP contribution in [0.3, 0.4) is 0 Å². The van der Waals surface area contributed by atoms with E-state index in [-0.39, 0.29) is 0 Å². The topological polar surface area (TPSA) is 43.4 Å². The summed E-state index contributed by atoms with van der Waals surface area (Å²) in [6.45, 7) is 1.42. The van der Waals surface area contributed by atoms with Gasteiger partial charge < -0.3 is 14.8 Å². The molecule has 0 fully saturated rings. The number of rotatable bonds is 1. The second-order valence-electron chi connectivity index (χ2n) is 5.38. The highest BCUT2D eigenvalue weighted by atomic mass is 16.5. The Hall–Kier alpha value is -1.97. The predicted octanol–water partition coefficient (Wildman–Crippen LogP) is 2.93. The van der Waals surface area contributed by atoms with Crippen LogP contribution in [0.25, 0.3) is 10.9 Å². The molecule has 0 atom stereocenters. The van der Waals surface area contributed by atoms with Crippen LogP contribution in [0.5, 0.6) is 11.5 Å². The third-order valence-corrected chi connectivity index (χ3v) is 4.13. The summed E-state index contributed by atoms with van der Waals surface area (Å²) in [5.41, 5.74) is 4.81. The number of aryl methyl sites for hydroxylation is 1. The van der Waals surface area contributed by atoms with Crippen LogP contribution in [0.2, 0.25) is 0 Å². The molecule has 1 aromatic heterocycles. The third-order valence-electron chi connectivity index (χ3n) is 4.13. The van der Waals surface area contributed by atoms with E-state index in [1.165, 1.54) is 23.4 Å². The van der Waals surface area contributed by atoms with Crippen molar-refractivity contribution in [3.63, 3.8) is 0 Å². The summed E-state index contributed by atoms with van der Waals surface area (Å²) in [7, 11) is 1.98. The van der Waals surface area contributed by atoms with Crippen molar-refractivity contribution in [2.75, 3.05) is 25.6 Å². The van der Waals surface area contributed by atoms with Gasteiger partial charge in [0.1, 0.15) is 0 Å². The zero-order valence-electron chi connectivity index (χ0n) is 11.7. The molecule has 0 spiro atoms. The number of fused-ring (bicyclic) bond motifs is 3. The van der Waals surface area contributed by atoms with Crippen molar-refractivity contribution >= 4 is 16.6 Å². The monoisotopic (exact) mass is 270 g/mol. The summed E-state index contributed by atoms with van der Waals surface area (Å²) in [6.07, 6.45) is 4.31. The molecule has 104 valence electrons. The lowest BCUT2D eigenvalue weighted by Gasteiger charge is -2.14. The van der Waals surface area contributed by atoms with Crippen LogP contribution in [0.4, 0.5) is 5.69 Å². The van der Waals surface area contributed by atoms with E-state index in [0.29, 0.717) is 13.2 Å². The Bertz CT molecular complexity index is 682. The Labute approximate surface area is 118 Å². The zero-order valence-corrected chi connectivity index (χ0v) is 11.7. The normalized spacial score (nSPS) is 16.9. The first-order valence-corrected chi connectivity index (χ1v) is 7.29. The molecule has 20 heavy (non-hydrogen) atoms. The van der Waals surface area contributed by atoms with Crippen LogP contribution < -0.4 is 14.8 Å². The molecule has 0 bridgehead atoms. The highest BCUT2D eigenvalue weighted by Crippen LogP contribution is 2.40. The summed E-state index contributed by atoms with van der Waals surface area (Å²) in [5.74, 6) is 1.66. The molecule has 0 unspecified atom stereocenters. The molecule has 0 saturated heterocycles. The van der Waals surface area contributed by atoms with Gasteiger partial charge >= 0.3 is 0 Å². The van der Waals surface area contributed by atoms with E-state index in [1.807, 2.05) is 13.1 Å². The number of nitrogens with one attached hydrogen (secondary N) is 1. The van der Waals surface area contributed by atoms with Gasteiger partial charge in [-0.25, -0.2) is 0 Å². The van der Waals surface area contributed by atoms with Crippen LogP contribution >= 0.6 is 0 Å². The number of nitrogens with zero attached hydrogens (tertiary/aromatic N) is 1. The number of ether oxygens (including phenoxy) is 2. The molecule has 2 aliphatic rings. The lowest BCUT2D eigenvalue weighted by atomic mass is 10.1. The molecule has 1 N–H and O–H groups in total. The maximum atomic E-state index is 5.79. The van der Waals surface area contributed by atoms with Crippen LogP contribution in [0, 0.1) is 0 Å². The first kappa shape index (κ1) is 11.8. The average Bonchev–Trinajstić information content (AvgIpc) is 2.80. The lowest BCUT2D eigenvalue weighted by molar-refractivity contribution is 0.297. The number of anilines is 1. The molecule has 0 amide bonds. The van der Waals surface area contributed by atoms with Gasteiger partial charge in [-0.3, -0.25) is 4.98 Å². The predicted molar refractivity (Wildman–Crippen MR) is 78.9 cm³/mol. The molecule has 4 nitrogen and oxygen atoms in total. The fourth-order valence-electron chi connectivity index (χ4n) is 3.20. The van der Waals surface area contributed by atoms with Crippen molar-refractivity contribution in [3.8, 4) is 11.5 Å². The van der Waals surface area contributed by atoms with Crippen molar-refractivity contribution in [2.24, 2.45) is 0 Å². The van der Waals surface area contributed by atoms with Crippen molar-refractivity contribution in [1.29, 1.82) is 0 Å². The highest BCUT2D eigenvalue weighted by Gasteiger charge is 2.21. The molecule has 0 saturated carbocycles. The SMILES string of the molecule is CNc1c2c(nc3cc4c(cc13)OCCCO4)CCC2. The second-order valence-corrected chi connectivity index (χ2v) is 5.38. The zero-order chi connectivity index (χ0) is 13.5. The van der Waals surface area contributed by atoms with Gasteiger partial charge in [0.05, 0.1) is 18.7 Å². The molecule has 0 radical (unpaired) electrons. The quantitative estimate of drug-likeness (QED) is 0.865. The van der Waals surface area contributed by atoms with E-state index in [1.54, 1.807) is 0 Å². The van der Waals surface area contributed by atoms with E-state index in [9.17, 15) is 0 Å². The molecule has 1 aliphatic carbocycles. The molecular formula is C16H18N2O2. The maximum absolute atomic E-state index is 5.79. The third kappa shape index (κ3) is 1.71. The number of pyridine rings is 1. The first-order chi connectivity index (χ1) is 9.86. The summed E-state index contributed by atoms with van der Waals surface area (Å²) >= 11 is 0. The van der Waals surface area contributed by atoms with Crippen LogP contribution in [-0.4, -0.2) is 25.2 Å². The van der Waals surface area contributed by atoms with Crippen molar-refractivity contribution in [1.82, 2.24) is 4.98 Å². The average molecular weight is 270 g/mol. The van der Waals surface area contributed by atoms with E-state index >= 15 is 0 Å². The van der Waals surface area contributed by atoms with Gasteiger partial charge in [0.2, 0.25) is 0 Å². The highest BCUT2D eigenvalue weighted by molar-refractivity contribution is 5.95. The second kappa shape index (κ2) is 4.54. The lowest BCUT2D eigenvalue weighted by Crippen LogP contribution is -2.00. The smallest absolute Gasteiger partial charge is 0.163 e. The summed E-state index contributed by atoms with van der Waals surface area (Å²) in [6, 6.07) is 4.10. The Morgan fingerprint density at radius 1 is 1.05 bits per heavy atom. The van der Waals surface area contributed by atoms with Crippen molar-refractivity contribution < 1.29 is 9.47 Å². The summed E-state index contributed by atoms with van der Waals surface area (Å²) < 4.78 is 11.6. The molecular weight excluding hydrogens is 252 g/mol. The first-order valence-electron chi connectivity index (χ1n) is 7.29. The van der Waals surface area contributed by atoms with Gasteiger partial charge in [0, 0.05) is 36.3 Å². The summed E-state index contributed by atoms with van der Waals surface area (Å²) in [5, 5.41) is 4.49. The van der Waals surface area contributed by atoms with E-state index < -0.39 is 0 Å². The number of hydrogen-bond donors (Lipinski definition) is 1. The molecule has 1 aromatic carbocycles. The number of aromatic nitrogens is 1. The maximum Gasteiger partial charge on any atom is 0.163 e. The minimum absolute atomic E-state index is 0.711. The minimum atomic E-state index is 0.711. The summed E-state index contributed by atoms with van der Waals surface area (Å²) in [4.78, 5) is 4.83. The van der Waals surface area contributed by atoms with E-state index in [0.717, 1.165) is 41.7 Å². The molecule has 2 heterocycles. The van der Waals surface area contributed by atoms with Gasteiger partial charge in [-0.1, -0.05) is 0 Å². The van der Waals surface area contributed by atoms with E-state index in [2.05, 4.69) is 11.4 Å². The number of hydrogen-bond acceptors (Lipinski definition) is 4. The molecule has 1 aliphatic heterocycles. The molecule has 4 rings (SSSR count). The van der Waals surface area contributed by atoms with Crippen LogP contribution in [0.1, 0.15) is 24.1 Å². The van der Waals surface area contributed by atoms with Gasteiger partial charge in [-0.15, -0.1) is 0 Å². The fraction of sp³-hybridized carbons (Fsp3) is 0.438. The minimum Gasteiger partial charge on any atom is -0.490 e. The van der Waals surface area contributed by atoms with Crippen LogP contribution in [-0.2, 0) is 12.8 Å². The van der Waals surface area contributed by atoms with E-state index in [4.69, 9.17) is 14.5 Å². The van der Waals surface area contributed by atoms with Crippen molar-refractivity contribution in [3.05, 3.63) is 23.4 Å². The standard InChI is InChI=1S/C16H18N2O2/c1-17-16-10-4-2-5-12(10)18-13-9-15-14(8-11(13)16)19-6-3-7-20-15/h8-9H,2-7H2,1H3,(H,17,18). The van der Waals surface area contributed by atoms with Gasteiger partial charge in [-0.05, 0) is 30.9 Å².